The molecule has 0 bridgehead atoms. The zero-order chi connectivity index (χ0) is 13.0. The van der Waals surface area contributed by atoms with Gasteiger partial charge in [0.25, 0.3) is 0 Å². The molecule has 0 aliphatic rings. The minimum Gasteiger partial charge on any atom is -0.425 e. The molecule has 2 aromatic carbocycles. The highest BCUT2D eigenvalue weighted by atomic mass is 79.9. The van der Waals surface area contributed by atoms with Gasteiger partial charge in [-0.05, 0) is 24.6 Å². The summed E-state index contributed by atoms with van der Waals surface area (Å²) < 4.78 is 4.50. The summed E-state index contributed by atoms with van der Waals surface area (Å²) in [6, 6.07) is 18.5. The number of hydrogen-bond acceptors (Lipinski definition) is 2. The van der Waals surface area contributed by atoms with Gasteiger partial charge in [0.1, 0.15) is 10.1 Å². The fourth-order valence-corrected chi connectivity index (χ4v) is 1.91. The van der Waals surface area contributed by atoms with Crippen LogP contribution in [0.25, 0.3) is 0 Å². The highest BCUT2D eigenvalue weighted by Gasteiger charge is 2.34. The smallest absolute Gasteiger partial charge is 0.332 e. The van der Waals surface area contributed by atoms with Crippen LogP contribution >= 0.6 is 15.9 Å². The maximum Gasteiger partial charge on any atom is 0.332 e. The maximum absolute atomic E-state index is 12.2. The molecule has 1 atom stereocenters. The second-order valence-electron chi connectivity index (χ2n) is 4.07. The van der Waals surface area contributed by atoms with E-state index in [9.17, 15) is 4.79 Å². The van der Waals surface area contributed by atoms with Crippen LogP contribution in [-0.2, 0) is 9.12 Å². The number of carbonyl (C=O) groups excluding carboxylic acids is 1. The normalized spacial score (nSPS) is 13.7. The number of alkyl halides is 1. The van der Waals surface area contributed by atoms with Crippen molar-refractivity contribution in [3.8, 4) is 5.75 Å². The van der Waals surface area contributed by atoms with Gasteiger partial charge >= 0.3 is 5.97 Å². The van der Waals surface area contributed by atoms with Crippen molar-refractivity contribution in [1.82, 2.24) is 0 Å². The van der Waals surface area contributed by atoms with Crippen LogP contribution in [0.1, 0.15) is 12.5 Å². The standard InChI is InChI=1S/C15H13BrO2/c1-15(16,12-8-4-2-5-9-12)14(17)18-13-10-6-3-7-11-13/h2-11H,1H3. The average molecular weight is 305 g/mol. The molecule has 0 fully saturated rings. The van der Waals surface area contributed by atoms with Crippen LogP contribution in [0.15, 0.2) is 60.7 Å². The zero-order valence-electron chi connectivity index (χ0n) is 9.97. The summed E-state index contributed by atoms with van der Waals surface area (Å²) in [4.78, 5) is 12.2. The van der Waals surface area contributed by atoms with Crippen molar-refractivity contribution in [2.45, 2.75) is 11.2 Å². The molecule has 0 amide bonds. The first-order valence-electron chi connectivity index (χ1n) is 5.62. The van der Waals surface area contributed by atoms with E-state index in [1.807, 2.05) is 48.5 Å². The quantitative estimate of drug-likeness (QED) is 0.488. The van der Waals surface area contributed by atoms with Crippen molar-refractivity contribution in [2.75, 3.05) is 0 Å². The Hall–Kier alpha value is -1.61. The third kappa shape index (κ3) is 2.79. The molecule has 0 radical (unpaired) electrons. The molecule has 1 unspecified atom stereocenters. The lowest BCUT2D eigenvalue weighted by atomic mass is 10.0. The molecule has 0 N–H and O–H groups in total. The van der Waals surface area contributed by atoms with Crippen molar-refractivity contribution in [3.63, 3.8) is 0 Å². The van der Waals surface area contributed by atoms with E-state index in [-0.39, 0.29) is 5.97 Å². The fourth-order valence-electron chi connectivity index (χ4n) is 1.56. The Morgan fingerprint density at radius 2 is 1.50 bits per heavy atom. The van der Waals surface area contributed by atoms with E-state index in [0.717, 1.165) is 5.56 Å². The van der Waals surface area contributed by atoms with Crippen LogP contribution in [0, 0.1) is 0 Å². The Kier molecular flexibility index (Phi) is 3.82. The largest absolute Gasteiger partial charge is 0.425 e. The molecule has 0 aliphatic heterocycles. The summed E-state index contributed by atoms with van der Waals surface area (Å²) in [5, 5.41) is 0. The lowest BCUT2D eigenvalue weighted by molar-refractivity contribution is -0.136. The lowest BCUT2D eigenvalue weighted by Gasteiger charge is -2.20. The lowest BCUT2D eigenvalue weighted by Crippen LogP contribution is -2.30. The second kappa shape index (κ2) is 5.36. The number of halogens is 1. The molecule has 0 aromatic heterocycles. The predicted molar refractivity (Wildman–Crippen MR) is 74.8 cm³/mol. The summed E-state index contributed by atoms with van der Waals surface area (Å²) >= 11 is 3.44. The topological polar surface area (TPSA) is 26.3 Å². The number of para-hydroxylation sites is 1. The minimum atomic E-state index is -0.843. The molecular formula is C15H13BrO2. The van der Waals surface area contributed by atoms with Gasteiger partial charge in [-0.15, -0.1) is 0 Å². The van der Waals surface area contributed by atoms with Gasteiger partial charge < -0.3 is 4.74 Å². The van der Waals surface area contributed by atoms with E-state index in [1.165, 1.54) is 0 Å². The molecule has 18 heavy (non-hydrogen) atoms. The molecule has 2 nitrogen and oxygen atoms in total. The molecule has 2 aromatic rings. The SMILES string of the molecule is CC(Br)(C(=O)Oc1ccccc1)c1ccccc1. The number of benzene rings is 2. The Labute approximate surface area is 115 Å². The van der Waals surface area contributed by atoms with Gasteiger partial charge in [-0.2, -0.15) is 0 Å². The van der Waals surface area contributed by atoms with Gasteiger partial charge in [-0.25, -0.2) is 4.79 Å². The fraction of sp³-hybridized carbons (Fsp3) is 0.133. The zero-order valence-corrected chi connectivity index (χ0v) is 11.6. The number of esters is 1. The number of carbonyl (C=O) groups is 1. The summed E-state index contributed by atoms with van der Waals surface area (Å²) in [5.41, 5.74) is 0.867. The minimum absolute atomic E-state index is 0.333. The molecular weight excluding hydrogens is 292 g/mol. The molecule has 0 saturated carbocycles. The number of rotatable bonds is 3. The van der Waals surface area contributed by atoms with E-state index < -0.39 is 4.32 Å². The Bertz CT molecular complexity index is 521. The molecule has 0 saturated heterocycles. The van der Waals surface area contributed by atoms with Gasteiger partial charge in [0, 0.05) is 0 Å². The van der Waals surface area contributed by atoms with Crippen molar-refractivity contribution in [3.05, 3.63) is 66.2 Å². The highest BCUT2D eigenvalue weighted by molar-refractivity contribution is 9.10. The molecule has 0 aliphatic carbocycles. The van der Waals surface area contributed by atoms with Crippen LogP contribution in [0.4, 0.5) is 0 Å². The van der Waals surface area contributed by atoms with E-state index in [2.05, 4.69) is 15.9 Å². The third-order valence-corrected chi connectivity index (χ3v) is 3.43. The van der Waals surface area contributed by atoms with Gasteiger partial charge in [0.2, 0.25) is 0 Å². The summed E-state index contributed by atoms with van der Waals surface area (Å²) in [5.74, 6) is 0.212. The Morgan fingerprint density at radius 3 is 2.06 bits per heavy atom. The first-order chi connectivity index (χ1) is 8.60. The molecule has 92 valence electrons. The first-order valence-corrected chi connectivity index (χ1v) is 6.42. The van der Waals surface area contributed by atoms with Crippen LogP contribution < -0.4 is 4.74 Å². The van der Waals surface area contributed by atoms with E-state index in [1.54, 1.807) is 19.1 Å². The van der Waals surface area contributed by atoms with Crippen molar-refractivity contribution >= 4 is 21.9 Å². The molecule has 3 heteroatoms. The monoisotopic (exact) mass is 304 g/mol. The Balaban J connectivity index is 2.18. The predicted octanol–water partition coefficient (Wildman–Crippen LogP) is 3.90. The van der Waals surface area contributed by atoms with E-state index in [4.69, 9.17) is 4.74 Å². The molecule has 0 heterocycles. The van der Waals surface area contributed by atoms with Crippen molar-refractivity contribution < 1.29 is 9.53 Å². The van der Waals surface area contributed by atoms with Crippen LogP contribution in [0.2, 0.25) is 0 Å². The van der Waals surface area contributed by atoms with Crippen molar-refractivity contribution in [2.24, 2.45) is 0 Å². The third-order valence-electron chi connectivity index (χ3n) is 2.65. The summed E-state index contributed by atoms with van der Waals surface area (Å²) in [7, 11) is 0. The van der Waals surface area contributed by atoms with E-state index >= 15 is 0 Å². The van der Waals surface area contributed by atoms with Crippen LogP contribution in [0.3, 0.4) is 0 Å². The van der Waals surface area contributed by atoms with Crippen LogP contribution in [-0.4, -0.2) is 5.97 Å². The van der Waals surface area contributed by atoms with Crippen molar-refractivity contribution in [1.29, 1.82) is 0 Å². The average Bonchev–Trinajstić information content (AvgIpc) is 2.41. The van der Waals surface area contributed by atoms with Crippen LogP contribution in [0.5, 0.6) is 5.75 Å². The Morgan fingerprint density at radius 1 is 1.00 bits per heavy atom. The maximum atomic E-state index is 12.2. The van der Waals surface area contributed by atoms with Gasteiger partial charge in [0.15, 0.2) is 0 Å². The van der Waals surface area contributed by atoms with Gasteiger partial charge in [-0.1, -0.05) is 64.5 Å². The van der Waals surface area contributed by atoms with E-state index in [0.29, 0.717) is 5.75 Å². The summed E-state index contributed by atoms with van der Waals surface area (Å²) in [6.07, 6.45) is 0. The number of ether oxygens (including phenoxy) is 1. The molecule has 2 rings (SSSR count). The first kappa shape index (κ1) is 12.8. The van der Waals surface area contributed by atoms with Gasteiger partial charge in [-0.3, -0.25) is 0 Å². The summed E-state index contributed by atoms with van der Waals surface area (Å²) in [6.45, 7) is 1.79. The highest BCUT2D eigenvalue weighted by Crippen LogP contribution is 2.32. The number of hydrogen-bond donors (Lipinski definition) is 0. The second-order valence-corrected chi connectivity index (χ2v) is 5.66. The molecule has 0 spiro atoms. The van der Waals surface area contributed by atoms with Gasteiger partial charge in [0.05, 0.1) is 0 Å².